The number of aryl methyl sites for hydroxylation is 1. The van der Waals surface area contributed by atoms with E-state index in [1.807, 2.05) is 0 Å². The number of carbonyl (C=O) groups is 4. The largest absolute Gasteiger partial charge is 0.495 e. The molecule has 0 N–H and O–H groups in total. The lowest BCUT2D eigenvalue weighted by Crippen LogP contribution is -2.50. The number of carbonyl (C=O) groups excluding carboxylic acids is 4. The van der Waals surface area contributed by atoms with Crippen LogP contribution in [0, 0.1) is 24.7 Å². The van der Waals surface area contributed by atoms with Gasteiger partial charge in [0, 0.05) is 18.0 Å². The molecule has 0 spiro atoms. The second-order valence-electron chi connectivity index (χ2n) is 10.7. The topological polar surface area (TPSA) is 93.2 Å². The molecule has 226 valence electrons. The molecule has 2 aromatic rings. The fourth-order valence-electron chi connectivity index (χ4n) is 6.35. The number of hydrogen-bond donors (Lipinski definition) is 0. The predicted octanol–water partition coefficient (Wildman–Crippen LogP) is 6.57. The third-order valence-corrected chi connectivity index (χ3v) is 12.9. The molecule has 1 saturated carbocycles. The lowest BCUT2D eigenvalue weighted by molar-refractivity contribution is -0.139. The molecule has 6 rings (SSSR count). The number of rotatable bonds is 5. The second-order valence-corrected chi connectivity index (χ2v) is 14.4. The first-order chi connectivity index (χ1) is 20.1. The summed E-state index contributed by atoms with van der Waals surface area (Å²) in [5.74, 6) is -5.06. The van der Waals surface area contributed by atoms with Crippen molar-refractivity contribution in [3.8, 4) is 11.5 Å². The minimum absolute atomic E-state index is 0.0626. The van der Waals surface area contributed by atoms with Gasteiger partial charge in [-0.05, 0) is 48.9 Å². The summed E-state index contributed by atoms with van der Waals surface area (Å²) in [6.45, 7) is 1.69. The van der Waals surface area contributed by atoms with E-state index in [9.17, 15) is 19.2 Å². The summed E-state index contributed by atoms with van der Waals surface area (Å²) in [6.07, 6.45) is -0.0761. The van der Waals surface area contributed by atoms with Gasteiger partial charge < -0.3 is 14.4 Å². The summed E-state index contributed by atoms with van der Waals surface area (Å²) in [7, 11) is 1.47. The number of nitrogens with zero attached hydrogens (tertiary/aromatic N) is 2. The van der Waals surface area contributed by atoms with Gasteiger partial charge in [0.2, 0.25) is 17.7 Å². The molecule has 2 aromatic carbocycles. The van der Waals surface area contributed by atoms with E-state index in [1.165, 1.54) is 30.2 Å². The van der Waals surface area contributed by atoms with Crippen LogP contribution in [0.25, 0.3) is 0 Å². The number of esters is 1. The van der Waals surface area contributed by atoms with E-state index in [1.54, 1.807) is 25.1 Å². The van der Waals surface area contributed by atoms with E-state index < -0.39 is 49.6 Å². The van der Waals surface area contributed by atoms with Crippen molar-refractivity contribution in [3.63, 3.8) is 0 Å². The lowest BCUT2D eigenvalue weighted by Gasteiger charge is -2.34. The molecule has 0 radical (unpaired) electrons. The molecule has 2 saturated heterocycles. The molecule has 0 aromatic heterocycles. The zero-order valence-electron chi connectivity index (χ0n) is 22.1. The highest BCUT2D eigenvalue weighted by Gasteiger charge is 2.87. The van der Waals surface area contributed by atoms with Gasteiger partial charge in [-0.2, -0.15) is 0 Å². The van der Waals surface area contributed by atoms with Crippen LogP contribution in [-0.2, 0) is 19.2 Å². The fraction of sp³-hybridized carbons (Fsp3) is 0.357. The number of ether oxygens (including phenoxy) is 2. The maximum absolute atomic E-state index is 13.7. The highest BCUT2D eigenvalue weighted by Crippen LogP contribution is 2.77. The predicted molar refractivity (Wildman–Crippen MR) is 165 cm³/mol. The summed E-state index contributed by atoms with van der Waals surface area (Å²) in [6, 6.07) is 9.22. The Morgan fingerprint density at radius 2 is 1.49 bits per heavy atom. The Kier molecular flexibility index (Phi) is 7.45. The summed E-state index contributed by atoms with van der Waals surface area (Å²) in [4.78, 5) is 51.7. The normalized spacial score (nSPS) is 30.9. The van der Waals surface area contributed by atoms with Crippen molar-refractivity contribution in [1.82, 2.24) is 0 Å². The highest BCUT2D eigenvalue weighted by molar-refractivity contribution is 6.67. The van der Waals surface area contributed by atoms with Crippen molar-refractivity contribution >= 4 is 116 Å². The molecule has 2 bridgehead atoms. The molecular weight excluding hydrogens is 708 g/mol. The number of benzene rings is 2. The molecule has 43 heavy (non-hydrogen) atoms. The van der Waals surface area contributed by atoms with Gasteiger partial charge in [-0.15, -0.1) is 23.2 Å². The Morgan fingerprint density at radius 3 is 2.05 bits per heavy atom. The lowest BCUT2D eigenvalue weighted by atomic mass is 9.84. The molecule has 4 aliphatic rings. The number of halogens is 7. The third kappa shape index (κ3) is 4.03. The van der Waals surface area contributed by atoms with Crippen molar-refractivity contribution in [1.29, 1.82) is 0 Å². The van der Waals surface area contributed by atoms with Crippen LogP contribution in [0.3, 0.4) is 0 Å². The van der Waals surface area contributed by atoms with Crippen molar-refractivity contribution in [3.05, 3.63) is 57.0 Å². The highest BCUT2D eigenvalue weighted by atomic mass is 35.5. The number of imide groups is 1. The molecule has 5 atom stereocenters. The van der Waals surface area contributed by atoms with Crippen molar-refractivity contribution in [2.24, 2.45) is 17.8 Å². The van der Waals surface area contributed by atoms with E-state index in [2.05, 4.69) is 0 Å². The summed E-state index contributed by atoms with van der Waals surface area (Å²) >= 11 is 45.5. The van der Waals surface area contributed by atoms with Gasteiger partial charge in [0.1, 0.15) is 21.2 Å². The monoisotopic (exact) mass is 724 g/mol. The number of hydrogen-bond acceptors (Lipinski definition) is 6. The molecule has 2 aliphatic heterocycles. The SMILES string of the molecule is COc1ccc(Cl)cc1N1C[C@H](C(=O)Oc2ccc(N3C(=O)[C@@H]4[C@H](C3=O)[C@@]3(Cl)C(Cl)=C(Cl)[C@@]4(Cl)C3(Cl)Cl)c(C)c2)CC1=O. The van der Waals surface area contributed by atoms with Crippen LogP contribution < -0.4 is 19.3 Å². The van der Waals surface area contributed by atoms with Crippen molar-refractivity contribution in [2.75, 3.05) is 23.5 Å². The number of fused-ring (bicyclic) bond motifs is 5. The first-order valence-corrected chi connectivity index (χ1v) is 15.4. The van der Waals surface area contributed by atoms with Gasteiger partial charge in [-0.25, -0.2) is 4.90 Å². The zero-order valence-corrected chi connectivity index (χ0v) is 27.4. The molecule has 3 amide bonds. The van der Waals surface area contributed by atoms with Gasteiger partial charge >= 0.3 is 5.97 Å². The van der Waals surface area contributed by atoms with Crippen LogP contribution in [0.5, 0.6) is 11.5 Å². The number of alkyl halides is 4. The Labute approximate surface area is 280 Å². The Hall–Kier alpha value is -1.91. The van der Waals surface area contributed by atoms with Gasteiger partial charge in [0.05, 0.1) is 46.3 Å². The Balaban J connectivity index is 1.21. The number of methoxy groups -OCH3 is 1. The minimum atomic E-state index is -2.04. The standard InChI is InChI=1S/C28H19Cl7N2O6/c1-11-7-14(43-25(41)12-8-18(38)36(10-12)16-9-13(29)3-6-17(16)42-2)4-5-15(11)37-23(39)19-20(24(37)40)27(33)22(31)21(30)26(19,32)28(27,34)35/h3-7,9,12,19-20H,8,10H2,1-2H3/t12-,19-,20+,26-,27-/m1/s1. The third-order valence-electron chi connectivity index (χ3n) is 8.43. The molecule has 3 fully saturated rings. The number of allylic oxidation sites excluding steroid dienone is 2. The maximum atomic E-state index is 13.7. The maximum Gasteiger partial charge on any atom is 0.316 e. The summed E-state index contributed by atoms with van der Waals surface area (Å²) in [5, 5.41) is 0.0413. The van der Waals surface area contributed by atoms with Crippen molar-refractivity contribution in [2.45, 2.75) is 27.4 Å². The van der Waals surface area contributed by atoms with E-state index in [4.69, 9.17) is 90.7 Å². The van der Waals surface area contributed by atoms with Gasteiger partial charge in [0.15, 0.2) is 4.33 Å². The smallest absolute Gasteiger partial charge is 0.316 e. The summed E-state index contributed by atoms with van der Waals surface area (Å²) < 4.78 is 8.89. The number of amides is 3. The molecule has 0 unspecified atom stereocenters. The van der Waals surface area contributed by atoms with E-state index >= 15 is 0 Å². The average molecular weight is 728 g/mol. The first kappa shape index (κ1) is 31.1. The molecular formula is C28H19Cl7N2O6. The van der Waals surface area contributed by atoms with E-state index in [0.29, 0.717) is 22.0 Å². The van der Waals surface area contributed by atoms with Gasteiger partial charge in [-0.3, -0.25) is 19.2 Å². The van der Waals surface area contributed by atoms with Crippen LogP contribution in [-0.4, -0.2) is 51.4 Å². The van der Waals surface area contributed by atoms with Gasteiger partial charge in [-0.1, -0.05) is 58.0 Å². The van der Waals surface area contributed by atoms with Crippen LogP contribution in [0.1, 0.15) is 12.0 Å². The Morgan fingerprint density at radius 1 is 0.884 bits per heavy atom. The fourth-order valence-corrected chi connectivity index (χ4v) is 9.44. The molecule has 2 heterocycles. The van der Waals surface area contributed by atoms with Crippen molar-refractivity contribution < 1.29 is 28.7 Å². The van der Waals surface area contributed by atoms with Gasteiger partial charge in [0.25, 0.3) is 0 Å². The van der Waals surface area contributed by atoms with E-state index in [-0.39, 0.29) is 40.4 Å². The molecule has 8 nitrogen and oxygen atoms in total. The van der Waals surface area contributed by atoms with E-state index in [0.717, 1.165) is 4.90 Å². The average Bonchev–Trinajstić information content (AvgIpc) is 3.54. The Bertz CT molecular complexity index is 1630. The quantitative estimate of drug-likeness (QED) is 0.150. The second kappa shape index (κ2) is 10.3. The van der Waals surface area contributed by atoms with Crippen LogP contribution in [0.4, 0.5) is 11.4 Å². The molecule has 2 aliphatic carbocycles. The summed E-state index contributed by atoms with van der Waals surface area (Å²) in [5.41, 5.74) is 1.08. The first-order valence-electron chi connectivity index (χ1n) is 12.8. The van der Waals surface area contributed by atoms with Crippen LogP contribution in [0.2, 0.25) is 5.02 Å². The number of anilines is 2. The minimum Gasteiger partial charge on any atom is -0.495 e. The van der Waals surface area contributed by atoms with Crippen LogP contribution >= 0.6 is 81.2 Å². The zero-order chi connectivity index (χ0) is 31.4. The molecule has 15 heteroatoms. The van der Waals surface area contributed by atoms with Crippen LogP contribution in [0.15, 0.2) is 46.5 Å².